The van der Waals surface area contributed by atoms with E-state index in [0.717, 1.165) is 16.7 Å². The van der Waals surface area contributed by atoms with Crippen molar-refractivity contribution in [1.29, 1.82) is 0 Å². The van der Waals surface area contributed by atoms with Crippen molar-refractivity contribution < 1.29 is 5.11 Å². The van der Waals surface area contributed by atoms with E-state index in [2.05, 4.69) is 30.2 Å². The molecule has 0 aliphatic carbocycles. The molecule has 2 aromatic rings. The summed E-state index contributed by atoms with van der Waals surface area (Å²) in [4.78, 5) is 4.18. The Morgan fingerprint density at radius 1 is 1.14 bits per heavy atom. The molecule has 21 heavy (non-hydrogen) atoms. The molecule has 2 atom stereocenters. The summed E-state index contributed by atoms with van der Waals surface area (Å²) in [5.41, 5.74) is 3.26. The first-order valence-corrected chi connectivity index (χ1v) is 7.46. The van der Waals surface area contributed by atoms with Gasteiger partial charge in [-0.25, -0.2) is 0 Å². The van der Waals surface area contributed by atoms with Crippen LogP contribution < -0.4 is 5.32 Å². The molecular weight excluding hydrogens is 260 g/mol. The highest BCUT2D eigenvalue weighted by atomic mass is 16.3. The van der Waals surface area contributed by atoms with Gasteiger partial charge < -0.3 is 10.4 Å². The van der Waals surface area contributed by atoms with Gasteiger partial charge in [0.15, 0.2) is 0 Å². The Bertz CT molecular complexity index is 554. The molecule has 112 valence electrons. The van der Waals surface area contributed by atoms with Crippen LogP contribution in [0.1, 0.15) is 42.7 Å². The summed E-state index contributed by atoms with van der Waals surface area (Å²) in [5, 5.41) is 13.9. The van der Waals surface area contributed by atoms with Gasteiger partial charge in [0.1, 0.15) is 0 Å². The highest BCUT2D eigenvalue weighted by molar-refractivity contribution is 5.28. The van der Waals surface area contributed by atoms with Crippen LogP contribution >= 0.6 is 0 Å². The first kappa shape index (κ1) is 15.7. The molecule has 2 rings (SSSR count). The Labute approximate surface area is 127 Å². The fourth-order valence-electron chi connectivity index (χ4n) is 2.61. The van der Waals surface area contributed by atoms with E-state index in [1.807, 2.05) is 43.5 Å². The van der Waals surface area contributed by atoms with E-state index in [1.165, 1.54) is 0 Å². The van der Waals surface area contributed by atoms with Gasteiger partial charge in [0.05, 0.1) is 6.10 Å². The van der Waals surface area contributed by atoms with E-state index in [1.54, 1.807) is 6.20 Å². The minimum Gasteiger partial charge on any atom is -0.387 e. The highest BCUT2D eigenvalue weighted by Gasteiger charge is 2.18. The van der Waals surface area contributed by atoms with Crippen molar-refractivity contribution in [3.05, 3.63) is 65.5 Å². The van der Waals surface area contributed by atoms with E-state index in [-0.39, 0.29) is 6.04 Å². The van der Waals surface area contributed by atoms with Gasteiger partial charge >= 0.3 is 0 Å². The maximum Gasteiger partial charge on any atom is 0.0917 e. The molecule has 0 aliphatic heterocycles. The van der Waals surface area contributed by atoms with Crippen molar-refractivity contribution in [3.8, 4) is 0 Å². The third-order valence-electron chi connectivity index (χ3n) is 3.79. The van der Waals surface area contributed by atoms with Crippen molar-refractivity contribution in [2.24, 2.45) is 5.92 Å². The van der Waals surface area contributed by atoms with Crippen molar-refractivity contribution >= 4 is 0 Å². The van der Waals surface area contributed by atoms with Gasteiger partial charge in [-0.3, -0.25) is 4.98 Å². The number of nitrogens with zero attached hydrogens (tertiary/aromatic N) is 1. The SMILES string of the molecule is Cc1ccccc1C(O)CNC(c1cccnc1)C(C)C. The summed E-state index contributed by atoms with van der Waals surface area (Å²) in [6.07, 6.45) is 3.17. The molecule has 0 spiro atoms. The average Bonchev–Trinajstić information content (AvgIpc) is 2.48. The van der Waals surface area contributed by atoms with Gasteiger partial charge in [0.2, 0.25) is 0 Å². The van der Waals surface area contributed by atoms with Crippen molar-refractivity contribution in [2.75, 3.05) is 6.54 Å². The Kier molecular flexibility index (Phi) is 5.48. The lowest BCUT2D eigenvalue weighted by Crippen LogP contribution is -2.30. The van der Waals surface area contributed by atoms with Gasteiger partial charge in [-0.2, -0.15) is 0 Å². The Morgan fingerprint density at radius 3 is 2.52 bits per heavy atom. The predicted molar refractivity (Wildman–Crippen MR) is 86.0 cm³/mol. The third-order valence-corrected chi connectivity index (χ3v) is 3.79. The topological polar surface area (TPSA) is 45.1 Å². The van der Waals surface area contributed by atoms with Gasteiger partial charge in [-0.1, -0.05) is 44.2 Å². The minimum atomic E-state index is -0.496. The summed E-state index contributed by atoms with van der Waals surface area (Å²) < 4.78 is 0. The molecule has 1 aromatic carbocycles. The number of hydrogen-bond donors (Lipinski definition) is 2. The lowest BCUT2D eigenvalue weighted by Gasteiger charge is -2.24. The zero-order chi connectivity index (χ0) is 15.2. The van der Waals surface area contributed by atoms with Crippen molar-refractivity contribution in [2.45, 2.75) is 32.9 Å². The van der Waals surface area contributed by atoms with Crippen LogP contribution in [0, 0.1) is 12.8 Å². The molecule has 2 unspecified atom stereocenters. The first-order valence-electron chi connectivity index (χ1n) is 7.46. The fourth-order valence-corrected chi connectivity index (χ4v) is 2.61. The molecular formula is C18H24N2O. The van der Waals surface area contributed by atoms with Gasteiger partial charge in [-0.05, 0) is 35.6 Å². The van der Waals surface area contributed by atoms with Gasteiger partial charge in [0.25, 0.3) is 0 Å². The largest absolute Gasteiger partial charge is 0.387 e. The molecule has 1 aromatic heterocycles. The Morgan fingerprint density at radius 2 is 1.90 bits per heavy atom. The number of rotatable bonds is 6. The van der Waals surface area contributed by atoms with E-state index in [0.29, 0.717) is 12.5 Å². The number of aromatic nitrogens is 1. The van der Waals surface area contributed by atoms with Crippen LogP contribution in [0.4, 0.5) is 0 Å². The minimum absolute atomic E-state index is 0.192. The molecule has 0 radical (unpaired) electrons. The monoisotopic (exact) mass is 284 g/mol. The number of hydrogen-bond acceptors (Lipinski definition) is 3. The fraction of sp³-hybridized carbons (Fsp3) is 0.389. The van der Waals surface area contributed by atoms with Gasteiger partial charge in [0, 0.05) is 25.0 Å². The summed E-state index contributed by atoms with van der Waals surface area (Å²) >= 11 is 0. The number of pyridine rings is 1. The predicted octanol–water partition coefficient (Wildman–Crippen LogP) is 3.41. The second-order valence-electron chi connectivity index (χ2n) is 5.79. The maximum absolute atomic E-state index is 10.4. The molecule has 0 aliphatic rings. The second-order valence-corrected chi connectivity index (χ2v) is 5.79. The van der Waals surface area contributed by atoms with Gasteiger partial charge in [-0.15, -0.1) is 0 Å². The van der Waals surface area contributed by atoms with Crippen LogP contribution in [0.2, 0.25) is 0 Å². The average molecular weight is 284 g/mol. The van der Waals surface area contributed by atoms with E-state index in [4.69, 9.17) is 0 Å². The van der Waals surface area contributed by atoms with Crippen LogP contribution in [0.3, 0.4) is 0 Å². The van der Waals surface area contributed by atoms with E-state index in [9.17, 15) is 5.11 Å². The molecule has 0 bridgehead atoms. The quantitative estimate of drug-likeness (QED) is 0.854. The normalized spacial score (nSPS) is 14.1. The maximum atomic E-state index is 10.4. The standard InChI is InChI=1S/C18H24N2O/c1-13(2)18(15-8-6-10-19-11-15)20-12-17(21)16-9-5-4-7-14(16)3/h4-11,13,17-18,20-21H,12H2,1-3H3. The number of benzene rings is 1. The van der Waals surface area contributed by atoms with Crippen molar-refractivity contribution in [3.63, 3.8) is 0 Å². The smallest absolute Gasteiger partial charge is 0.0917 e. The lowest BCUT2D eigenvalue weighted by molar-refractivity contribution is 0.165. The zero-order valence-electron chi connectivity index (χ0n) is 13.0. The molecule has 1 heterocycles. The van der Waals surface area contributed by atoms with Crippen LogP contribution in [-0.2, 0) is 0 Å². The zero-order valence-corrected chi connectivity index (χ0v) is 13.0. The number of aliphatic hydroxyl groups is 1. The molecule has 0 saturated heterocycles. The molecule has 3 nitrogen and oxygen atoms in total. The molecule has 0 amide bonds. The molecule has 3 heteroatoms. The van der Waals surface area contributed by atoms with E-state index >= 15 is 0 Å². The van der Waals surface area contributed by atoms with Crippen LogP contribution in [-0.4, -0.2) is 16.6 Å². The Hall–Kier alpha value is -1.71. The summed E-state index contributed by atoms with van der Waals surface area (Å²) in [6.45, 7) is 6.90. The number of aryl methyl sites for hydroxylation is 1. The third kappa shape index (κ3) is 4.13. The summed E-state index contributed by atoms with van der Waals surface area (Å²) in [6, 6.07) is 12.2. The summed E-state index contributed by atoms with van der Waals surface area (Å²) in [7, 11) is 0. The van der Waals surface area contributed by atoms with Crippen LogP contribution in [0.25, 0.3) is 0 Å². The second kappa shape index (κ2) is 7.34. The summed E-state index contributed by atoms with van der Waals surface area (Å²) in [5.74, 6) is 0.429. The highest BCUT2D eigenvalue weighted by Crippen LogP contribution is 2.22. The lowest BCUT2D eigenvalue weighted by atomic mass is 9.96. The molecule has 2 N–H and O–H groups in total. The molecule has 0 fully saturated rings. The number of aliphatic hydroxyl groups excluding tert-OH is 1. The van der Waals surface area contributed by atoms with Crippen LogP contribution in [0.15, 0.2) is 48.8 Å². The Balaban J connectivity index is 2.04. The molecule has 0 saturated carbocycles. The first-order chi connectivity index (χ1) is 10.1. The van der Waals surface area contributed by atoms with Crippen molar-refractivity contribution in [1.82, 2.24) is 10.3 Å². The van der Waals surface area contributed by atoms with E-state index < -0.39 is 6.10 Å². The van der Waals surface area contributed by atoms with Crippen LogP contribution in [0.5, 0.6) is 0 Å². The number of nitrogens with one attached hydrogen (secondary N) is 1.